The van der Waals surface area contributed by atoms with Gasteiger partial charge in [0.25, 0.3) is 0 Å². The van der Waals surface area contributed by atoms with Crippen molar-refractivity contribution >= 4 is 5.97 Å². The minimum atomic E-state index is -0.784. The average Bonchev–Trinajstić information content (AvgIpc) is 3.07. The Balaban J connectivity index is 2.03. The number of carbonyl (C=O) groups is 1. The summed E-state index contributed by atoms with van der Waals surface area (Å²) < 4.78 is 2.27. The highest BCUT2D eigenvalue weighted by molar-refractivity contribution is 5.90. The van der Waals surface area contributed by atoms with Crippen LogP contribution in [0.15, 0.2) is 54.6 Å². The Morgan fingerprint density at radius 2 is 1.63 bits per heavy atom. The number of rotatable bonds is 4. The van der Waals surface area contributed by atoms with Gasteiger partial charge in [0.1, 0.15) is 0 Å². The molecule has 1 aromatic heterocycles. The van der Waals surface area contributed by atoms with Gasteiger partial charge in [0.05, 0.1) is 6.42 Å². The third kappa shape index (κ3) is 3.18. The molecule has 1 aliphatic rings. The Morgan fingerprint density at radius 3 is 2.26 bits per heavy atom. The van der Waals surface area contributed by atoms with Crippen molar-refractivity contribution in [1.29, 1.82) is 0 Å². The second kappa shape index (κ2) is 6.41. The summed E-state index contributed by atoms with van der Waals surface area (Å²) in [5.41, 5.74) is 8.05. The maximum Gasteiger partial charge on any atom is 0.309 e. The van der Waals surface area contributed by atoms with Crippen molar-refractivity contribution in [2.24, 2.45) is 5.41 Å². The number of carboxylic acid groups (broad SMARTS) is 1. The first-order valence-corrected chi connectivity index (χ1v) is 9.44. The molecule has 138 valence electrons. The second-order valence-corrected chi connectivity index (χ2v) is 8.37. The topological polar surface area (TPSA) is 42.2 Å². The molecule has 0 saturated carbocycles. The van der Waals surface area contributed by atoms with E-state index in [0.29, 0.717) is 0 Å². The molecule has 1 N–H and O–H groups in total. The van der Waals surface area contributed by atoms with Gasteiger partial charge in [-0.05, 0) is 29.9 Å². The summed E-state index contributed by atoms with van der Waals surface area (Å²) in [7, 11) is 0. The number of benzene rings is 2. The number of nitrogens with zero attached hydrogens (tertiary/aromatic N) is 1. The van der Waals surface area contributed by atoms with Gasteiger partial charge in [-0.15, -0.1) is 0 Å². The predicted octanol–water partition coefficient (Wildman–Crippen LogP) is 5.34. The molecule has 0 fully saturated rings. The molecule has 0 radical (unpaired) electrons. The normalized spacial score (nSPS) is 14.9. The van der Waals surface area contributed by atoms with Crippen molar-refractivity contribution in [3.05, 3.63) is 71.5 Å². The van der Waals surface area contributed by atoms with Crippen molar-refractivity contribution in [2.75, 3.05) is 0 Å². The first-order valence-electron chi connectivity index (χ1n) is 9.44. The third-order valence-electron chi connectivity index (χ3n) is 5.43. The highest BCUT2D eigenvalue weighted by atomic mass is 16.4. The molecular weight excluding hydrogens is 334 g/mol. The summed E-state index contributed by atoms with van der Waals surface area (Å²) in [5, 5.41) is 9.61. The van der Waals surface area contributed by atoms with Crippen LogP contribution in [0.1, 0.15) is 30.8 Å². The lowest BCUT2D eigenvalue weighted by Gasteiger charge is -2.18. The van der Waals surface area contributed by atoms with E-state index < -0.39 is 5.97 Å². The van der Waals surface area contributed by atoms with Crippen molar-refractivity contribution in [3.8, 4) is 22.3 Å². The zero-order valence-corrected chi connectivity index (χ0v) is 16.1. The number of hydrogen-bond donors (Lipinski definition) is 1. The monoisotopic (exact) mass is 359 g/mol. The molecule has 27 heavy (non-hydrogen) atoms. The van der Waals surface area contributed by atoms with E-state index in [4.69, 9.17) is 0 Å². The SMILES string of the molecule is Cc1ccc(-c2c(-c3ccccc3)c3n(c2CC(=O)O)CC(C)(C)C3)cc1. The Bertz CT molecular complexity index is 995. The van der Waals surface area contributed by atoms with Crippen LogP contribution in [0.4, 0.5) is 0 Å². The summed E-state index contributed by atoms with van der Waals surface area (Å²) in [6.45, 7) is 7.44. The molecule has 3 heteroatoms. The van der Waals surface area contributed by atoms with E-state index >= 15 is 0 Å². The van der Waals surface area contributed by atoms with Crippen LogP contribution in [0.5, 0.6) is 0 Å². The molecule has 0 saturated heterocycles. The van der Waals surface area contributed by atoms with Crippen molar-refractivity contribution < 1.29 is 9.90 Å². The van der Waals surface area contributed by atoms with E-state index in [1.165, 1.54) is 16.8 Å². The molecule has 3 nitrogen and oxygen atoms in total. The molecule has 0 bridgehead atoms. The second-order valence-electron chi connectivity index (χ2n) is 8.37. The van der Waals surface area contributed by atoms with Crippen molar-refractivity contribution in [3.63, 3.8) is 0 Å². The van der Waals surface area contributed by atoms with E-state index in [2.05, 4.69) is 73.9 Å². The number of hydrogen-bond acceptors (Lipinski definition) is 1. The number of aromatic nitrogens is 1. The average molecular weight is 359 g/mol. The van der Waals surface area contributed by atoms with Crippen LogP contribution in [0.25, 0.3) is 22.3 Å². The Kier molecular flexibility index (Phi) is 4.18. The quantitative estimate of drug-likeness (QED) is 0.683. The Morgan fingerprint density at radius 1 is 1.00 bits per heavy atom. The number of aryl methyl sites for hydroxylation is 1. The lowest BCUT2D eigenvalue weighted by Crippen LogP contribution is -2.15. The first-order chi connectivity index (χ1) is 12.9. The smallest absolute Gasteiger partial charge is 0.309 e. The highest BCUT2D eigenvalue weighted by Crippen LogP contribution is 2.46. The Hall–Kier alpha value is -2.81. The first kappa shape index (κ1) is 17.6. The number of aliphatic carboxylic acids is 1. The summed E-state index contributed by atoms with van der Waals surface area (Å²) in [5.74, 6) is -0.784. The van der Waals surface area contributed by atoms with Gasteiger partial charge in [0.2, 0.25) is 0 Å². The van der Waals surface area contributed by atoms with E-state index in [0.717, 1.165) is 35.3 Å². The molecule has 0 unspecified atom stereocenters. The van der Waals surface area contributed by atoms with Crippen LogP contribution >= 0.6 is 0 Å². The fourth-order valence-corrected chi connectivity index (χ4v) is 4.31. The van der Waals surface area contributed by atoms with Gasteiger partial charge in [0, 0.05) is 29.1 Å². The molecule has 0 amide bonds. The number of carboxylic acids is 1. The third-order valence-corrected chi connectivity index (χ3v) is 5.43. The zero-order valence-electron chi connectivity index (χ0n) is 16.1. The largest absolute Gasteiger partial charge is 0.481 e. The van der Waals surface area contributed by atoms with Crippen LogP contribution in [0, 0.1) is 12.3 Å². The van der Waals surface area contributed by atoms with E-state index in [-0.39, 0.29) is 11.8 Å². The van der Waals surface area contributed by atoms with Crippen LogP contribution in [-0.4, -0.2) is 15.6 Å². The van der Waals surface area contributed by atoms with Crippen molar-refractivity contribution in [1.82, 2.24) is 4.57 Å². The van der Waals surface area contributed by atoms with Crippen LogP contribution in [0.3, 0.4) is 0 Å². The molecule has 4 rings (SSSR count). The van der Waals surface area contributed by atoms with Gasteiger partial charge < -0.3 is 9.67 Å². The molecule has 0 aliphatic carbocycles. The maximum atomic E-state index is 11.7. The molecular formula is C24H25NO2. The van der Waals surface area contributed by atoms with Gasteiger partial charge >= 0.3 is 5.97 Å². The molecule has 0 atom stereocenters. The van der Waals surface area contributed by atoms with Crippen LogP contribution in [0.2, 0.25) is 0 Å². The van der Waals surface area contributed by atoms with Crippen LogP contribution < -0.4 is 0 Å². The summed E-state index contributed by atoms with van der Waals surface area (Å²) in [4.78, 5) is 11.7. The standard InChI is InChI=1S/C24H25NO2/c1-16-9-11-18(12-10-16)22-19(13-21(26)27)25-15-24(2,3)14-20(25)23(22)17-7-5-4-6-8-17/h4-12H,13-15H2,1-3H3,(H,26,27). The molecule has 0 spiro atoms. The van der Waals surface area contributed by atoms with Crippen molar-refractivity contribution in [2.45, 2.75) is 40.2 Å². The highest BCUT2D eigenvalue weighted by Gasteiger charge is 2.36. The Labute approximate surface area is 160 Å². The zero-order chi connectivity index (χ0) is 19.2. The van der Waals surface area contributed by atoms with Crippen LogP contribution in [-0.2, 0) is 24.2 Å². The van der Waals surface area contributed by atoms with E-state index in [9.17, 15) is 9.90 Å². The van der Waals surface area contributed by atoms with E-state index in [1.807, 2.05) is 6.07 Å². The maximum absolute atomic E-state index is 11.7. The van der Waals surface area contributed by atoms with Gasteiger partial charge in [-0.2, -0.15) is 0 Å². The lowest BCUT2D eigenvalue weighted by atomic mass is 9.86. The fourth-order valence-electron chi connectivity index (χ4n) is 4.31. The molecule has 2 heterocycles. The minimum Gasteiger partial charge on any atom is -0.481 e. The number of fused-ring (bicyclic) bond motifs is 1. The van der Waals surface area contributed by atoms with Gasteiger partial charge in [-0.25, -0.2) is 0 Å². The minimum absolute atomic E-state index is 0.0408. The molecule has 1 aliphatic heterocycles. The fraction of sp³-hybridized carbons (Fsp3) is 0.292. The van der Waals surface area contributed by atoms with Gasteiger partial charge in [0.15, 0.2) is 0 Å². The van der Waals surface area contributed by atoms with Gasteiger partial charge in [-0.3, -0.25) is 4.79 Å². The molecule has 3 aromatic rings. The molecule has 2 aromatic carbocycles. The predicted molar refractivity (Wildman–Crippen MR) is 109 cm³/mol. The summed E-state index contributed by atoms with van der Waals surface area (Å²) in [6.07, 6.45) is 0.995. The summed E-state index contributed by atoms with van der Waals surface area (Å²) in [6, 6.07) is 18.8. The van der Waals surface area contributed by atoms with E-state index in [1.54, 1.807) is 0 Å². The lowest BCUT2D eigenvalue weighted by molar-refractivity contribution is -0.136. The van der Waals surface area contributed by atoms with Gasteiger partial charge in [-0.1, -0.05) is 74.0 Å². The summed E-state index contributed by atoms with van der Waals surface area (Å²) >= 11 is 0.